The normalized spacial score (nSPS) is 27.3. The van der Waals surface area contributed by atoms with Crippen LogP contribution in [0.3, 0.4) is 0 Å². The summed E-state index contributed by atoms with van der Waals surface area (Å²) in [7, 11) is 0. The molecule has 0 aromatic carbocycles. The summed E-state index contributed by atoms with van der Waals surface area (Å²) < 4.78 is 4.91. The Bertz CT molecular complexity index is 182. The molecule has 3 nitrogen and oxygen atoms in total. The maximum Gasteiger partial charge on any atom is 0.305 e. The molecule has 2 atom stereocenters. The predicted molar refractivity (Wildman–Crippen MR) is 56.0 cm³/mol. The van der Waals surface area contributed by atoms with Crippen LogP contribution in [0, 0.1) is 11.8 Å². The molecule has 0 aromatic heterocycles. The quantitative estimate of drug-likeness (QED) is 0.698. The lowest BCUT2D eigenvalue weighted by molar-refractivity contribution is -0.143. The van der Waals surface area contributed by atoms with Crippen LogP contribution in [0.25, 0.3) is 0 Å². The molecule has 0 amide bonds. The van der Waals surface area contributed by atoms with E-state index in [2.05, 4.69) is 12.2 Å². The lowest BCUT2D eigenvalue weighted by atomic mass is 9.85. The standard InChI is InChI=1S/C11H21NO2/c1-3-14-11(13)5-4-10-8-12-7-6-9(10)2/h9-10,12H,3-8H2,1-2H3. The van der Waals surface area contributed by atoms with E-state index in [0.717, 1.165) is 25.4 Å². The van der Waals surface area contributed by atoms with Crippen LogP contribution in [-0.2, 0) is 9.53 Å². The van der Waals surface area contributed by atoms with Crippen LogP contribution in [-0.4, -0.2) is 25.7 Å². The fourth-order valence-electron chi connectivity index (χ4n) is 1.98. The molecule has 0 radical (unpaired) electrons. The van der Waals surface area contributed by atoms with E-state index in [1.807, 2.05) is 6.92 Å². The third-order valence-electron chi connectivity index (χ3n) is 3.01. The van der Waals surface area contributed by atoms with Gasteiger partial charge in [0.05, 0.1) is 6.61 Å². The number of hydrogen-bond acceptors (Lipinski definition) is 3. The summed E-state index contributed by atoms with van der Waals surface area (Å²) in [5, 5.41) is 3.37. The topological polar surface area (TPSA) is 38.3 Å². The van der Waals surface area contributed by atoms with E-state index in [9.17, 15) is 4.79 Å². The van der Waals surface area contributed by atoms with Crippen molar-refractivity contribution >= 4 is 5.97 Å². The molecule has 14 heavy (non-hydrogen) atoms. The number of carbonyl (C=O) groups is 1. The van der Waals surface area contributed by atoms with Crippen molar-refractivity contribution in [2.24, 2.45) is 11.8 Å². The van der Waals surface area contributed by atoms with Gasteiger partial charge in [-0.1, -0.05) is 6.92 Å². The number of carbonyl (C=O) groups excluding carboxylic acids is 1. The number of rotatable bonds is 4. The molecule has 0 aromatic rings. The first-order valence-corrected chi connectivity index (χ1v) is 5.60. The average Bonchev–Trinajstić information content (AvgIpc) is 2.17. The van der Waals surface area contributed by atoms with Crippen molar-refractivity contribution in [2.75, 3.05) is 19.7 Å². The predicted octanol–water partition coefficient (Wildman–Crippen LogP) is 1.58. The van der Waals surface area contributed by atoms with E-state index in [4.69, 9.17) is 4.74 Å². The summed E-state index contributed by atoms with van der Waals surface area (Å²) in [5.41, 5.74) is 0. The van der Waals surface area contributed by atoms with Crippen molar-refractivity contribution in [3.63, 3.8) is 0 Å². The molecule has 1 rings (SSSR count). The minimum Gasteiger partial charge on any atom is -0.466 e. The minimum atomic E-state index is -0.0507. The van der Waals surface area contributed by atoms with E-state index in [1.165, 1.54) is 6.42 Å². The molecule has 1 fully saturated rings. The second-order valence-electron chi connectivity index (χ2n) is 4.07. The van der Waals surface area contributed by atoms with Gasteiger partial charge in [-0.15, -0.1) is 0 Å². The van der Waals surface area contributed by atoms with Gasteiger partial charge in [0.25, 0.3) is 0 Å². The Morgan fingerprint density at radius 2 is 2.36 bits per heavy atom. The minimum absolute atomic E-state index is 0.0507. The summed E-state index contributed by atoms with van der Waals surface area (Å²) in [5.74, 6) is 1.34. The average molecular weight is 199 g/mol. The van der Waals surface area contributed by atoms with Gasteiger partial charge >= 0.3 is 5.97 Å². The Balaban J connectivity index is 2.19. The highest BCUT2D eigenvalue weighted by Gasteiger charge is 2.21. The Labute approximate surface area is 86.2 Å². The second kappa shape index (κ2) is 6.02. The van der Waals surface area contributed by atoms with Gasteiger partial charge in [0, 0.05) is 6.42 Å². The van der Waals surface area contributed by atoms with Crippen LogP contribution in [0.15, 0.2) is 0 Å². The molecule has 0 spiro atoms. The van der Waals surface area contributed by atoms with Gasteiger partial charge in [-0.05, 0) is 44.7 Å². The molecule has 1 N–H and O–H groups in total. The van der Waals surface area contributed by atoms with E-state index >= 15 is 0 Å². The fourth-order valence-corrected chi connectivity index (χ4v) is 1.98. The smallest absolute Gasteiger partial charge is 0.305 e. The van der Waals surface area contributed by atoms with E-state index in [0.29, 0.717) is 18.9 Å². The zero-order valence-corrected chi connectivity index (χ0v) is 9.21. The van der Waals surface area contributed by atoms with E-state index in [1.54, 1.807) is 0 Å². The molecule has 0 bridgehead atoms. The van der Waals surface area contributed by atoms with Crippen LogP contribution >= 0.6 is 0 Å². The first-order chi connectivity index (χ1) is 6.74. The summed E-state index contributed by atoms with van der Waals surface area (Å²) in [4.78, 5) is 11.1. The fraction of sp³-hybridized carbons (Fsp3) is 0.909. The molecule has 1 heterocycles. The SMILES string of the molecule is CCOC(=O)CCC1CNCCC1C. The molecule has 1 saturated heterocycles. The second-order valence-corrected chi connectivity index (χ2v) is 4.07. The van der Waals surface area contributed by atoms with Crippen molar-refractivity contribution in [1.29, 1.82) is 0 Å². The Morgan fingerprint density at radius 1 is 1.57 bits per heavy atom. The molecular weight excluding hydrogens is 178 g/mol. The first kappa shape index (κ1) is 11.5. The van der Waals surface area contributed by atoms with Crippen LogP contribution in [0.1, 0.15) is 33.1 Å². The zero-order valence-electron chi connectivity index (χ0n) is 9.21. The van der Waals surface area contributed by atoms with Crippen molar-refractivity contribution < 1.29 is 9.53 Å². The van der Waals surface area contributed by atoms with Gasteiger partial charge in [0.15, 0.2) is 0 Å². The van der Waals surface area contributed by atoms with Gasteiger partial charge in [-0.3, -0.25) is 4.79 Å². The van der Waals surface area contributed by atoms with Crippen molar-refractivity contribution in [3.8, 4) is 0 Å². The maximum absolute atomic E-state index is 11.1. The van der Waals surface area contributed by atoms with Gasteiger partial charge in [0.2, 0.25) is 0 Å². The highest BCUT2D eigenvalue weighted by atomic mass is 16.5. The Hall–Kier alpha value is -0.570. The third kappa shape index (κ3) is 3.66. The van der Waals surface area contributed by atoms with Crippen LogP contribution < -0.4 is 5.32 Å². The van der Waals surface area contributed by atoms with Gasteiger partial charge in [-0.2, -0.15) is 0 Å². The Kier molecular flexibility index (Phi) is 4.94. The van der Waals surface area contributed by atoms with Crippen LogP contribution in [0.5, 0.6) is 0 Å². The number of esters is 1. The van der Waals surface area contributed by atoms with Crippen molar-refractivity contribution in [2.45, 2.75) is 33.1 Å². The van der Waals surface area contributed by atoms with Gasteiger partial charge in [0.1, 0.15) is 0 Å². The summed E-state index contributed by atoms with van der Waals surface area (Å²) in [6, 6.07) is 0. The van der Waals surface area contributed by atoms with Gasteiger partial charge < -0.3 is 10.1 Å². The molecule has 3 heteroatoms. The number of piperidine rings is 1. The summed E-state index contributed by atoms with van der Waals surface area (Å²) >= 11 is 0. The van der Waals surface area contributed by atoms with Crippen molar-refractivity contribution in [1.82, 2.24) is 5.32 Å². The molecule has 0 saturated carbocycles. The number of ether oxygens (including phenoxy) is 1. The lowest BCUT2D eigenvalue weighted by Crippen LogP contribution is -2.35. The Morgan fingerprint density at radius 3 is 3.00 bits per heavy atom. The van der Waals surface area contributed by atoms with E-state index in [-0.39, 0.29) is 5.97 Å². The number of nitrogens with one attached hydrogen (secondary N) is 1. The highest BCUT2D eigenvalue weighted by molar-refractivity contribution is 5.69. The van der Waals surface area contributed by atoms with E-state index < -0.39 is 0 Å². The summed E-state index contributed by atoms with van der Waals surface area (Å²) in [6.07, 6.45) is 2.77. The summed E-state index contributed by atoms with van der Waals surface area (Å²) in [6.45, 7) is 6.80. The van der Waals surface area contributed by atoms with Crippen molar-refractivity contribution in [3.05, 3.63) is 0 Å². The molecule has 2 unspecified atom stereocenters. The molecule has 1 aliphatic heterocycles. The lowest BCUT2D eigenvalue weighted by Gasteiger charge is -2.29. The molecule has 1 aliphatic rings. The zero-order chi connectivity index (χ0) is 10.4. The largest absolute Gasteiger partial charge is 0.466 e. The number of hydrogen-bond donors (Lipinski definition) is 1. The maximum atomic E-state index is 11.1. The van der Waals surface area contributed by atoms with Crippen LogP contribution in [0.4, 0.5) is 0 Å². The molecule has 82 valence electrons. The molecule has 0 aliphatic carbocycles. The van der Waals surface area contributed by atoms with Gasteiger partial charge in [-0.25, -0.2) is 0 Å². The third-order valence-corrected chi connectivity index (χ3v) is 3.01. The monoisotopic (exact) mass is 199 g/mol. The highest BCUT2D eigenvalue weighted by Crippen LogP contribution is 2.22. The molecular formula is C11H21NO2. The van der Waals surface area contributed by atoms with Crippen LogP contribution in [0.2, 0.25) is 0 Å². The first-order valence-electron chi connectivity index (χ1n) is 5.60.